The molecule has 2 amide bonds. The number of nitrogens with zero attached hydrogens (tertiary/aromatic N) is 1. The Labute approximate surface area is 154 Å². The van der Waals surface area contributed by atoms with Gasteiger partial charge in [0.05, 0.1) is 20.3 Å². The number of para-hydroxylation sites is 2. The molecular formula is C19H28N2O5. The van der Waals surface area contributed by atoms with Crippen LogP contribution in [0.5, 0.6) is 11.5 Å². The quantitative estimate of drug-likeness (QED) is 0.756. The number of methoxy groups -OCH3 is 1. The van der Waals surface area contributed by atoms with Crippen LogP contribution in [0.15, 0.2) is 24.3 Å². The molecule has 0 bridgehead atoms. The largest absolute Gasteiger partial charge is 0.493 e. The van der Waals surface area contributed by atoms with Crippen molar-refractivity contribution in [1.82, 2.24) is 10.2 Å². The van der Waals surface area contributed by atoms with E-state index in [4.69, 9.17) is 14.2 Å². The topological polar surface area (TPSA) is 77.1 Å². The number of morpholine rings is 1. The Morgan fingerprint density at radius 2 is 1.85 bits per heavy atom. The molecule has 2 rings (SSSR count). The lowest BCUT2D eigenvalue weighted by Crippen LogP contribution is -2.52. The normalized spacial score (nSPS) is 15.5. The van der Waals surface area contributed by atoms with Gasteiger partial charge >= 0.3 is 0 Å². The maximum absolute atomic E-state index is 12.7. The van der Waals surface area contributed by atoms with E-state index in [-0.39, 0.29) is 24.3 Å². The third-order valence-corrected chi connectivity index (χ3v) is 4.09. The number of hydrogen-bond donors (Lipinski definition) is 1. The molecule has 0 saturated carbocycles. The first-order valence-electron chi connectivity index (χ1n) is 8.93. The standard InChI is InChI=1S/C19H28N2O5/c1-14(2)12-15(19(23)21-8-10-25-11-9-21)20-18(22)13-26-17-7-5-4-6-16(17)24-3/h4-7,14-15H,8-13H2,1-3H3,(H,20,22)/t15-/m0/s1. The molecule has 1 aromatic carbocycles. The Kier molecular flexibility index (Phi) is 7.72. The predicted octanol–water partition coefficient (Wildman–Crippen LogP) is 1.46. The molecule has 7 nitrogen and oxygen atoms in total. The number of benzene rings is 1. The first kappa shape index (κ1) is 20.0. The molecule has 1 saturated heterocycles. The van der Waals surface area contributed by atoms with E-state index in [9.17, 15) is 9.59 Å². The molecule has 1 heterocycles. The molecule has 1 atom stereocenters. The molecule has 7 heteroatoms. The molecule has 1 fully saturated rings. The second-order valence-corrected chi connectivity index (χ2v) is 6.63. The fourth-order valence-electron chi connectivity index (χ4n) is 2.81. The van der Waals surface area contributed by atoms with E-state index in [0.29, 0.717) is 44.2 Å². The minimum atomic E-state index is -0.554. The number of hydrogen-bond acceptors (Lipinski definition) is 5. The highest BCUT2D eigenvalue weighted by Gasteiger charge is 2.28. The highest BCUT2D eigenvalue weighted by atomic mass is 16.5. The van der Waals surface area contributed by atoms with E-state index in [1.165, 1.54) is 0 Å². The van der Waals surface area contributed by atoms with Gasteiger partial charge in [-0.05, 0) is 24.5 Å². The van der Waals surface area contributed by atoms with Crippen molar-refractivity contribution >= 4 is 11.8 Å². The minimum Gasteiger partial charge on any atom is -0.493 e. The van der Waals surface area contributed by atoms with E-state index < -0.39 is 6.04 Å². The Morgan fingerprint density at radius 1 is 1.19 bits per heavy atom. The summed E-state index contributed by atoms with van der Waals surface area (Å²) in [6.45, 7) is 6.05. The summed E-state index contributed by atoms with van der Waals surface area (Å²) in [7, 11) is 1.54. The molecule has 1 N–H and O–H groups in total. The van der Waals surface area contributed by atoms with Crippen molar-refractivity contribution in [3.8, 4) is 11.5 Å². The van der Waals surface area contributed by atoms with Crippen molar-refractivity contribution in [2.45, 2.75) is 26.3 Å². The summed E-state index contributed by atoms with van der Waals surface area (Å²) < 4.78 is 16.0. The highest BCUT2D eigenvalue weighted by molar-refractivity contribution is 5.88. The zero-order chi connectivity index (χ0) is 18.9. The van der Waals surface area contributed by atoms with Gasteiger partial charge in [-0.3, -0.25) is 9.59 Å². The SMILES string of the molecule is COc1ccccc1OCC(=O)N[C@@H](CC(C)C)C(=O)N1CCOCC1. The van der Waals surface area contributed by atoms with Gasteiger partial charge in [0.1, 0.15) is 6.04 Å². The molecule has 0 aliphatic carbocycles. The van der Waals surface area contributed by atoms with Gasteiger partial charge in [0.2, 0.25) is 5.91 Å². The third-order valence-electron chi connectivity index (χ3n) is 4.09. The van der Waals surface area contributed by atoms with E-state index in [0.717, 1.165) is 0 Å². The van der Waals surface area contributed by atoms with Crippen LogP contribution < -0.4 is 14.8 Å². The van der Waals surface area contributed by atoms with Gasteiger partial charge in [-0.2, -0.15) is 0 Å². The van der Waals surface area contributed by atoms with Crippen LogP contribution in [0.1, 0.15) is 20.3 Å². The molecule has 1 aromatic rings. The predicted molar refractivity (Wildman–Crippen MR) is 97.3 cm³/mol. The number of rotatable bonds is 8. The number of nitrogens with one attached hydrogen (secondary N) is 1. The average molecular weight is 364 g/mol. The fourth-order valence-corrected chi connectivity index (χ4v) is 2.81. The molecule has 26 heavy (non-hydrogen) atoms. The van der Waals surface area contributed by atoms with Crippen LogP contribution in [0.25, 0.3) is 0 Å². The highest BCUT2D eigenvalue weighted by Crippen LogP contribution is 2.25. The van der Waals surface area contributed by atoms with Crippen molar-refractivity contribution in [1.29, 1.82) is 0 Å². The summed E-state index contributed by atoms with van der Waals surface area (Å²) in [5, 5.41) is 2.82. The van der Waals surface area contributed by atoms with Gasteiger partial charge in [-0.25, -0.2) is 0 Å². The van der Waals surface area contributed by atoms with Crippen LogP contribution in [0.4, 0.5) is 0 Å². The lowest BCUT2D eigenvalue weighted by Gasteiger charge is -2.31. The van der Waals surface area contributed by atoms with E-state index in [1.807, 2.05) is 19.9 Å². The summed E-state index contributed by atoms with van der Waals surface area (Å²) >= 11 is 0. The van der Waals surface area contributed by atoms with Crippen molar-refractivity contribution in [3.05, 3.63) is 24.3 Å². The smallest absolute Gasteiger partial charge is 0.258 e. The van der Waals surface area contributed by atoms with Crippen LogP contribution in [0, 0.1) is 5.92 Å². The number of ether oxygens (including phenoxy) is 3. The Bertz CT molecular complexity index is 599. The molecule has 0 spiro atoms. The molecule has 1 aliphatic heterocycles. The maximum Gasteiger partial charge on any atom is 0.258 e. The summed E-state index contributed by atoms with van der Waals surface area (Å²) in [5.41, 5.74) is 0. The first-order chi connectivity index (χ1) is 12.5. The van der Waals surface area contributed by atoms with E-state index >= 15 is 0 Å². The number of carbonyl (C=O) groups excluding carboxylic acids is 2. The number of amides is 2. The average Bonchev–Trinajstić information content (AvgIpc) is 2.65. The van der Waals surface area contributed by atoms with Crippen LogP contribution in [0.3, 0.4) is 0 Å². The monoisotopic (exact) mass is 364 g/mol. The van der Waals surface area contributed by atoms with E-state index in [1.54, 1.807) is 30.2 Å². The van der Waals surface area contributed by atoms with Crippen LogP contribution >= 0.6 is 0 Å². The van der Waals surface area contributed by atoms with Gasteiger partial charge in [0, 0.05) is 13.1 Å². The van der Waals surface area contributed by atoms with Gasteiger partial charge in [-0.15, -0.1) is 0 Å². The minimum absolute atomic E-state index is 0.0624. The number of carbonyl (C=O) groups is 2. The molecule has 0 radical (unpaired) electrons. The lowest BCUT2D eigenvalue weighted by atomic mass is 10.0. The van der Waals surface area contributed by atoms with Crippen LogP contribution in [0.2, 0.25) is 0 Å². The molecular weight excluding hydrogens is 336 g/mol. The van der Waals surface area contributed by atoms with Crippen LogP contribution in [-0.4, -0.2) is 62.8 Å². The van der Waals surface area contributed by atoms with Crippen molar-refractivity contribution < 1.29 is 23.8 Å². The van der Waals surface area contributed by atoms with E-state index in [2.05, 4.69) is 5.32 Å². The first-order valence-corrected chi connectivity index (χ1v) is 8.93. The molecule has 144 valence electrons. The molecule has 0 aromatic heterocycles. The molecule has 1 aliphatic rings. The van der Waals surface area contributed by atoms with Gasteiger partial charge in [0.15, 0.2) is 18.1 Å². The Morgan fingerprint density at radius 3 is 2.46 bits per heavy atom. The summed E-state index contributed by atoms with van der Waals surface area (Å²) in [4.78, 5) is 26.8. The van der Waals surface area contributed by atoms with Gasteiger partial charge in [-0.1, -0.05) is 26.0 Å². The second kappa shape index (κ2) is 10.0. The summed E-state index contributed by atoms with van der Waals surface area (Å²) in [6, 6.07) is 6.57. The fraction of sp³-hybridized carbons (Fsp3) is 0.579. The zero-order valence-corrected chi connectivity index (χ0v) is 15.7. The summed E-state index contributed by atoms with van der Waals surface area (Å²) in [5.74, 6) is 0.935. The molecule has 0 unspecified atom stereocenters. The second-order valence-electron chi connectivity index (χ2n) is 6.63. The van der Waals surface area contributed by atoms with Crippen molar-refractivity contribution in [2.24, 2.45) is 5.92 Å². The van der Waals surface area contributed by atoms with Crippen molar-refractivity contribution in [3.63, 3.8) is 0 Å². The summed E-state index contributed by atoms with van der Waals surface area (Å²) in [6.07, 6.45) is 0.580. The zero-order valence-electron chi connectivity index (χ0n) is 15.7. The Balaban J connectivity index is 1.93. The lowest BCUT2D eigenvalue weighted by molar-refractivity contribution is -0.140. The van der Waals surface area contributed by atoms with Crippen molar-refractivity contribution in [2.75, 3.05) is 40.0 Å². The Hall–Kier alpha value is -2.28. The van der Waals surface area contributed by atoms with Crippen LogP contribution in [-0.2, 0) is 14.3 Å². The maximum atomic E-state index is 12.7. The third kappa shape index (κ3) is 5.91. The van der Waals surface area contributed by atoms with Gasteiger partial charge < -0.3 is 24.4 Å². The van der Waals surface area contributed by atoms with Gasteiger partial charge in [0.25, 0.3) is 5.91 Å².